The Bertz CT molecular complexity index is 1220. The van der Waals surface area contributed by atoms with Gasteiger partial charge in [0.1, 0.15) is 29.3 Å². The normalized spacial score (nSPS) is 11.3. The number of nitrogens with two attached hydrogens (primary N) is 1. The zero-order valence-electron chi connectivity index (χ0n) is 16.3. The zero-order valence-corrected chi connectivity index (χ0v) is 16.3. The Labute approximate surface area is 177 Å². The number of nitrogens with one attached hydrogen (secondary N) is 2. The van der Waals surface area contributed by atoms with Crippen molar-refractivity contribution in [1.29, 1.82) is 5.41 Å². The summed E-state index contributed by atoms with van der Waals surface area (Å²) in [6.45, 7) is 0.192. The Hall–Kier alpha value is -4.40. The largest absolute Gasteiger partial charge is 0.384 e. The summed E-state index contributed by atoms with van der Waals surface area (Å²) in [5.41, 5.74) is 8.63. The molecule has 0 unspecified atom stereocenters. The Morgan fingerprint density at radius 3 is 2.77 bits per heavy atom. The van der Waals surface area contributed by atoms with Gasteiger partial charge in [0.2, 0.25) is 0 Å². The molecular formula is C22H18FN7O. The van der Waals surface area contributed by atoms with E-state index in [1.165, 1.54) is 18.4 Å². The van der Waals surface area contributed by atoms with Gasteiger partial charge >= 0.3 is 0 Å². The third-order valence-corrected chi connectivity index (χ3v) is 4.37. The molecule has 4 rings (SSSR count). The van der Waals surface area contributed by atoms with Crippen LogP contribution in [0.1, 0.15) is 17.1 Å². The summed E-state index contributed by atoms with van der Waals surface area (Å²) in [5, 5.41) is 15.5. The van der Waals surface area contributed by atoms with Gasteiger partial charge in [-0.2, -0.15) is 0 Å². The number of benzene rings is 1. The second-order valence-electron chi connectivity index (χ2n) is 6.54. The van der Waals surface area contributed by atoms with E-state index < -0.39 is 0 Å². The maximum absolute atomic E-state index is 14.0. The van der Waals surface area contributed by atoms with Crippen LogP contribution in [0.2, 0.25) is 0 Å². The number of hydrogen-bond acceptors (Lipinski definition) is 8. The van der Waals surface area contributed by atoms with Crippen LogP contribution in [0.25, 0.3) is 17.0 Å². The topological polar surface area (TPSA) is 127 Å². The second-order valence-corrected chi connectivity index (χ2v) is 6.54. The first-order valence-electron chi connectivity index (χ1n) is 9.34. The smallest absolute Gasteiger partial charge is 0.180 e. The highest BCUT2D eigenvalue weighted by molar-refractivity contribution is 6.08. The van der Waals surface area contributed by atoms with Crippen LogP contribution in [0.15, 0.2) is 77.8 Å². The minimum atomic E-state index is -0.329. The summed E-state index contributed by atoms with van der Waals surface area (Å²) in [6, 6.07) is 13.3. The third-order valence-electron chi connectivity index (χ3n) is 4.37. The lowest BCUT2D eigenvalue weighted by Gasteiger charge is -2.10. The molecule has 31 heavy (non-hydrogen) atoms. The number of anilines is 1. The molecule has 0 amide bonds. The highest BCUT2D eigenvalue weighted by atomic mass is 19.1. The van der Waals surface area contributed by atoms with Crippen molar-refractivity contribution >= 4 is 17.2 Å². The number of allylic oxidation sites excluding steroid dienone is 1. The molecule has 0 bridgehead atoms. The summed E-state index contributed by atoms with van der Waals surface area (Å²) in [5.74, 6) is 0.0294. The number of aromatic nitrogens is 4. The lowest BCUT2D eigenvalue weighted by Crippen LogP contribution is -2.16. The first kappa shape index (κ1) is 19.9. The van der Waals surface area contributed by atoms with E-state index in [9.17, 15) is 4.39 Å². The highest BCUT2D eigenvalue weighted by Gasteiger charge is 2.13. The number of halogens is 1. The number of pyridine rings is 1. The van der Waals surface area contributed by atoms with Crippen molar-refractivity contribution in [3.63, 3.8) is 0 Å². The van der Waals surface area contributed by atoms with E-state index in [0.29, 0.717) is 22.6 Å². The van der Waals surface area contributed by atoms with Crippen molar-refractivity contribution in [2.45, 2.75) is 6.54 Å². The molecule has 4 aromatic rings. The fourth-order valence-electron chi connectivity index (χ4n) is 2.86. The first-order valence-corrected chi connectivity index (χ1v) is 9.34. The lowest BCUT2D eigenvalue weighted by molar-refractivity contribution is 0.417. The van der Waals surface area contributed by atoms with Crippen LogP contribution in [0, 0.1) is 11.2 Å². The molecule has 0 atom stereocenters. The van der Waals surface area contributed by atoms with E-state index in [2.05, 4.69) is 25.4 Å². The summed E-state index contributed by atoms with van der Waals surface area (Å²) < 4.78 is 18.9. The monoisotopic (exact) mass is 415 g/mol. The molecule has 0 fully saturated rings. The van der Waals surface area contributed by atoms with E-state index in [1.54, 1.807) is 48.8 Å². The fourth-order valence-corrected chi connectivity index (χ4v) is 2.86. The van der Waals surface area contributed by atoms with Gasteiger partial charge in [0.25, 0.3) is 0 Å². The molecule has 3 heterocycles. The van der Waals surface area contributed by atoms with Gasteiger partial charge in [-0.15, -0.1) is 0 Å². The van der Waals surface area contributed by atoms with E-state index in [0.717, 1.165) is 5.56 Å². The van der Waals surface area contributed by atoms with Crippen LogP contribution in [0.5, 0.6) is 0 Å². The van der Waals surface area contributed by atoms with E-state index in [1.807, 2.05) is 6.07 Å². The van der Waals surface area contributed by atoms with E-state index in [4.69, 9.17) is 15.7 Å². The molecule has 0 aliphatic carbocycles. The second kappa shape index (κ2) is 8.95. The summed E-state index contributed by atoms with van der Waals surface area (Å²) in [6.07, 6.45) is 6.22. The predicted molar refractivity (Wildman–Crippen MR) is 114 cm³/mol. The van der Waals surface area contributed by atoms with E-state index in [-0.39, 0.29) is 29.7 Å². The van der Waals surface area contributed by atoms with Crippen molar-refractivity contribution in [3.8, 4) is 11.3 Å². The summed E-state index contributed by atoms with van der Waals surface area (Å²) >= 11 is 0. The minimum absolute atomic E-state index is 0.00326. The van der Waals surface area contributed by atoms with Crippen molar-refractivity contribution in [2.75, 3.05) is 5.73 Å². The molecule has 1 aromatic carbocycles. The van der Waals surface area contributed by atoms with Gasteiger partial charge in [-0.3, -0.25) is 10.4 Å². The number of nitrogen functional groups attached to an aromatic ring is 1. The van der Waals surface area contributed by atoms with Crippen molar-refractivity contribution in [2.24, 2.45) is 0 Å². The van der Waals surface area contributed by atoms with Crippen LogP contribution < -0.4 is 11.1 Å². The molecule has 0 aliphatic heterocycles. The molecule has 9 heteroatoms. The zero-order chi connectivity index (χ0) is 21.6. The van der Waals surface area contributed by atoms with Crippen molar-refractivity contribution in [1.82, 2.24) is 25.4 Å². The Morgan fingerprint density at radius 2 is 2.03 bits per heavy atom. The fraction of sp³-hybridized carbons (Fsp3) is 0.0455. The van der Waals surface area contributed by atoms with Gasteiger partial charge in [0.05, 0.1) is 11.4 Å². The Morgan fingerprint density at radius 1 is 1.16 bits per heavy atom. The third kappa shape index (κ3) is 4.78. The van der Waals surface area contributed by atoms with E-state index >= 15 is 0 Å². The summed E-state index contributed by atoms with van der Waals surface area (Å²) in [4.78, 5) is 12.7. The van der Waals surface area contributed by atoms with Gasteiger partial charge in [0, 0.05) is 42.2 Å². The van der Waals surface area contributed by atoms with Crippen LogP contribution in [0.3, 0.4) is 0 Å². The highest BCUT2D eigenvalue weighted by Crippen LogP contribution is 2.19. The molecule has 154 valence electrons. The Balaban J connectivity index is 1.64. The molecule has 8 nitrogen and oxygen atoms in total. The van der Waals surface area contributed by atoms with Gasteiger partial charge in [-0.25, -0.2) is 14.4 Å². The molecule has 0 saturated heterocycles. The average Bonchev–Trinajstić information content (AvgIpc) is 3.32. The van der Waals surface area contributed by atoms with Crippen molar-refractivity contribution in [3.05, 3.63) is 96.2 Å². The maximum atomic E-state index is 14.0. The first-order chi connectivity index (χ1) is 15.1. The average molecular weight is 415 g/mol. The molecule has 0 aliphatic rings. The van der Waals surface area contributed by atoms with Gasteiger partial charge in [0.15, 0.2) is 5.82 Å². The quantitative estimate of drug-likeness (QED) is 0.395. The molecule has 4 N–H and O–H groups in total. The molecule has 3 aromatic heterocycles. The number of nitrogens with zero attached hydrogens (tertiary/aromatic N) is 4. The lowest BCUT2D eigenvalue weighted by atomic mass is 10.1. The number of rotatable bonds is 7. The molecule has 0 spiro atoms. The van der Waals surface area contributed by atoms with Crippen LogP contribution in [-0.2, 0) is 6.54 Å². The maximum Gasteiger partial charge on any atom is 0.180 e. The van der Waals surface area contributed by atoms with Gasteiger partial charge in [-0.05, 0) is 24.3 Å². The molecule has 0 radical (unpaired) electrons. The predicted octanol–water partition coefficient (Wildman–Crippen LogP) is 3.45. The van der Waals surface area contributed by atoms with Crippen LogP contribution in [-0.4, -0.2) is 25.8 Å². The van der Waals surface area contributed by atoms with Crippen LogP contribution in [0.4, 0.5) is 10.2 Å². The van der Waals surface area contributed by atoms with Crippen molar-refractivity contribution < 1.29 is 8.91 Å². The van der Waals surface area contributed by atoms with Crippen LogP contribution >= 0.6 is 0 Å². The molecule has 0 saturated carbocycles. The number of hydrogen-bond donors (Lipinski definition) is 3. The standard InChI is InChI=1S/C22H18FN7O/c23-16-6-2-1-4-14(16)13-27-20(18-7-9-31-30-18)10-17(24)22-28-19(11-21(25)29-22)15-5-3-8-26-12-15/h1-12,24,27H,13H2,(H2,25,28,29)/b20-10-,24-17?. The SMILES string of the molecule is N=C(/C=C(\NCc1ccccc1F)c1ccon1)c1nc(N)cc(-c2cccnc2)n1. The Kier molecular flexibility index (Phi) is 5.75. The minimum Gasteiger partial charge on any atom is -0.384 e. The van der Waals surface area contributed by atoms with Gasteiger partial charge < -0.3 is 15.6 Å². The summed E-state index contributed by atoms with van der Waals surface area (Å²) in [7, 11) is 0. The molecular weight excluding hydrogens is 397 g/mol. The van der Waals surface area contributed by atoms with Gasteiger partial charge in [-0.1, -0.05) is 23.4 Å².